The number of ether oxygens (including phenoxy) is 2. The maximum atomic E-state index is 12.8. The van der Waals surface area contributed by atoms with E-state index >= 15 is 0 Å². The van der Waals surface area contributed by atoms with Crippen molar-refractivity contribution in [2.75, 3.05) is 7.11 Å². The molecule has 1 heterocycles. The molecular formula is C26H21N3O3. The second kappa shape index (κ2) is 9.19. The fourth-order valence-electron chi connectivity index (χ4n) is 3.38. The monoisotopic (exact) mass is 423 g/mol. The van der Waals surface area contributed by atoms with Crippen molar-refractivity contribution in [3.8, 4) is 23.3 Å². The molecule has 0 saturated heterocycles. The summed E-state index contributed by atoms with van der Waals surface area (Å²) >= 11 is 0. The molecule has 4 aromatic rings. The highest BCUT2D eigenvalue weighted by molar-refractivity contribution is 5.96. The third-order valence-corrected chi connectivity index (χ3v) is 5.19. The molecule has 4 rings (SSSR count). The molecule has 32 heavy (non-hydrogen) atoms. The van der Waals surface area contributed by atoms with Crippen molar-refractivity contribution in [2.24, 2.45) is 0 Å². The van der Waals surface area contributed by atoms with E-state index in [9.17, 15) is 4.79 Å². The van der Waals surface area contributed by atoms with Gasteiger partial charge in [0.1, 0.15) is 17.2 Å². The zero-order chi connectivity index (χ0) is 22.5. The van der Waals surface area contributed by atoms with Gasteiger partial charge in [-0.25, -0.2) is 0 Å². The van der Waals surface area contributed by atoms with Gasteiger partial charge in [0, 0.05) is 35.3 Å². The average Bonchev–Trinajstić information content (AvgIpc) is 2.84. The molecule has 0 spiro atoms. The quantitative estimate of drug-likeness (QED) is 0.464. The fourth-order valence-corrected chi connectivity index (χ4v) is 3.38. The molecule has 6 nitrogen and oxygen atoms in total. The number of nitriles is 1. The number of carbonyl (C=O) groups is 1. The first-order valence-corrected chi connectivity index (χ1v) is 10.1. The van der Waals surface area contributed by atoms with Crippen LogP contribution in [0.15, 0.2) is 72.9 Å². The molecule has 3 aromatic carbocycles. The lowest BCUT2D eigenvalue weighted by Gasteiger charge is -2.14. The van der Waals surface area contributed by atoms with Gasteiger partial charge in [-0.1, -0.05) is 18.2 Å². The molecule has 0 saturated carbocycles. The Balaban J connectivity index is 1.54. The number of methoxy groups -OCH3 is 1. The smallest absolute Gasteiger partial charge is 0.251 e. The van der Waals surface area contributed by atoms with Crippen LogP contribution in [0, 0.1) is 18.3 Å². The SMILES string of the molecule is COc1ccc2c(Oc3cccc(C(=O)NCc4ccc(C#N)cc4)c3C)ccnc2c1. The number of rotatable bonds is 6. The van der Waals surface area contributed by atoms with Crippen LogP contribution >= 0.6 is 0 Å². The van der Waals surface area contributed by atoms with Gasteiger partial charge in [0.15, 0.2) is 0 Å². The summed E-state index contributed by atoms with van der Waals surface area (Å²) in [5.41, 5.74) is 3.54. The van der Waals surface area contributed by atoms with Crippen LogP contribution in [0.25, 0.3) is 10.9 Å². The van der Waals surface area contributed by atoms with Gasteiger partial charge < -0.3 is 14.8 Å². The number of fused-ring (bicyclic) bond motifs is 1. The van der Waals surface area contributed by atoms with Crippen LogP contribution in [-0.4, -0.2) is 18.0 Å². The predicted molar refractivity (Wildman–Crippen MR) is 122 cm³/mol. The highest BCUT2D eigenvalue weighted by atomic mass is 16.5. The second-order valence-corrected chi connectivity index (χ2v) is 7.21. The number of pyridine rings is 1. The lowest BCUT2D eigenvalue weighted by atomic mass is 10.1. The molecule has 0 unspecified atom stereocenters. The highest BCUT2D eigenvalue weighted by Crippen LogP contribution is 2.33. The van der Waals surface area contributed by atoms with Gasteiger partial charge in [-0.05, 0) is 55.0 Å². The third kappa shape index (κ3) is 4.37. The van der Waals surface area contributed by atoms with E-state index < -0.39 is 0 Å². The molecule has 0 radical (unpaired) electrons. The molecule has 1 amide bonds. The summed E-state index contributed by atoms with van der Waals surface area (Å²) in [4.78, 5) is 17.2. The van der Waals surface area contributed by atoms with Crippen molar-refractivity contribution < 1.29 is 14.3 Å². The zero-order valence-corrected chi connectivity index (χ0v) is 17.8. The molecule has 0 bridgehead atoms. The molecular weight excluding hydrogens is 402 g/mol. The Morgan fingerprint density at radius 3 is 2.62 bits per heavy atom. The van der Waals surface area contributed by atoms with Gasteiger partial charge in [-0.2, -0.15) is 5.26 Å². The minimum Gasteiger partial charge on any atom is -0.497 e. The zero-order valence-electron chi connectivity index (χ0n) is 17.8. The van der Waals surface area contributed by atoms with Crippen LogP contribution in [0.4, 0.5) is 0 Å². The van der Waals surface area contributed by atoms with E-state index in [4.69, 9.17) is 14.7 Å². The van der Waals surface area contributed by atoms with Crippen LogP contribution in [0.3, 0.4) is 0 Å². The first kappa shape index (κ1) is 20.9. The molecule has 1 aromatic heterocycles. The Morgan fingerprint density at radius 2 is 1.88 bits per heavy atom. The first-order chi connectivity index (χ1) is 15.6. The number of aromatic nitrogens is 1. The molecule has 0 atom stereocenters. The normalized spacial score (nSPS) is 10.4. The van der Waals surface area contributed by atoms with Crippen molar-refractivity contribution in [3.63, 3.8) is 0 Å². The first-order valence-electron chi connectivity index (χ1n) is 10.1. The summed E-state index contributed by atoms with van der Waals surface area (Å²) in [6.07, 6.45) is 1.68. The summed E-state index contributed by atoms with van der Waals surface area (Å²) in [6, 6.07) is 22.0. The topological polar surface area (TPSA) is 84.2 Å². The molecule has 158 valence electrons. The van der Waals surface area contributed by atoms with E-state index in [1.54, 1.807) is 43.6 Å². The van der Waals surface area contributed by atoms with Gasteiger partial charge >= 0.3 is 0 Å². The number of hydrogen-bond acceptors (Lipinski definition) is 5. The van der Waals surface area contributed by atoms with Crippen molar-refractivity contribution >= 4 is 16.8 Å². The van der Waals surface area contributed by atoms with Crippen molar-refractivity contribution in [2.45, 2.75) is 13.5 Å². The van der Waals surface area contributed by atoms with Crippen LogP contribution in [0.5, 0.6) is 17.2 Å². The van der Waals surface area contributed by atoms with Gasteiger partial charge in [0.05, 0.1) is 24.3 Å². The number of carbonyl (C=O) groups excluding carboxylic acids is 1. The minimum atomic E-state index is -0.193. The minimum absolute atomic E-state index is 0.193. The summed E-state index contributed by atoms with van der Waals surface area (Å²) in [7, 11) is 1.61. The summed E-state index contributed by atoms with van der Waals surface area (Å²) in [6.45, 7) is 2.23. The van der Waals surface area contributed by atoms with Gasteiger partial charge in [0.2, 0.25) is 0 Å². The van der Waals surface area contributed by atoms with Gasteiger partial charge in [-0.3, -0.25) is 9.78 Å². The Morgan fingerprint density at radius 1 is 1.06 bits per heavy atom. The number of benzene rings is 3. The highest BCUT2D eigenvalue weighted by Gasteiger charge is 2.14. The van der Waals surface area contributed by atoms with Crippen molar-refractivity contribution in [1.29, 1.82) is 5.26 Å². The molecule has 0 aliphatic carbocycles. The van der Waals surface area contributed by atoms with Crippen LogP contribution in [0.1, 0.15) is 27.0 Å². The molecule has 0 aliphatic rings. The van der Waals surface area contributed by atoms with Crippen LogP contribution < -0.4 is 14.8 Å². The number of nitrogens with zero attached hydrogens (tertiary/aromatic N) is 2. The van der Waals surface area contributed by atoms with E-state index in [0.29, 0.717) is 29.2 Å². The Labute approximate surface area is 186 Å². The van der Waals surface area contributed by atoms with Crippen LogP contribution in [-0.2, 0) is 6.54 Å². The van der Waals surface area contributed by atoms with E-state index in [1.807, 2.05) is 43.3 Å². The van der Waals surface area contributed by atoms with Crippen LogP contribution in [0.2, 0.25) is 0 Å². The fraction of sp³-hybridized carbons (Fsp3) is 0.115. The van der Waals surface area contributed by atoms with Crippen molar-refractivity contribution in [3.05, 3.63) is 95.2 Å². The maximum absolute atomic E-state index is 12.8. The molecule has 1 N–H and O–H groups in total. The molecule has 6 heteroatoms. The van der Waals surface area contributed by atoms with Gasteiger partial charge in [-0.15, -0.1) is 0 Å². The summed E-state index contributed by atoms with van der Waals surface area (Å²) in [5.74, 6) is 1.77. The maximum Gasteiger partial charge on any atom is 0.251 e. The van der Waals surface area contributed by atoms with E-state index in [-0.39, 0.29) is 5.91 Å². The molecule has 0 fully saturated rings. The largest absolute Gasteiger partial charge is 0.497 e. The van der Waals surface area contributed by atoms with Gasteiger partial charge in [0.25, 0.3) is 5.91 Å². The molecule has 0 aliphatic heterocycles. The predicted octanol–water partition coefficient (Wildman–Crippen LogP) is 5.15. The van der Waals surface area contributed by atoms with E-state index in [0.717, 1.165) is 27.8 Å². The Hall–Kier alpha value is -4.37. The standard InChI is InChI=1S/C26H21N3O3/c1-17-21(26(30)29-16-19-8-6-18(15-27)7-9-19)4-3-5-24(17)32-25-12-13-28-23-14-20(31-2)10-11-22(23)25/h3-14H,16H2,1-2H3,(H,29,30). The second-order valence-electron chi connectivity index (χ2n) is 7.21. The average molecular weight is 423 g/mol. The Kier molecular flexibility index (Phi) is 6.00. The number of hydrogen-bond donors (Lipinski definition) is 1. The van der Waals surface area contributed by atoms with E-state index in [1.165, 1.54) is 0 Å². The summed E-state index contributed by atoms with van der Waals surface area (Å²) in [5, 5.41) is 12.7. The van der Waals surface area contributed by atoms with Crippen molar-refractivity contribution in [1.82, 2.24) is 10.3 Å². The number of amides is 1. The Bertz CT molecular complexity index is 1320. The lowest BCUT2D eigenvalue weighted by Crippen LogP contribution is -2.23. The summed E-state index contributed by atoms with van der Waals surface area (Å²) < 4.78 is 11.5. The van der Waals surface area contributed by atoms with E-state index in [2.05, 4.69) is 16.4 Å². The third-order valence-electron chi connectivity index (χ3n) is 5.19. The lowest BCUT2D eigenvalue weighted by molar-refractivity contribution is 0.0950. The number of nitrogens with one attached hydrogen (secondary N) is 1.